The highest BCUT2D eigenvalue weighted by Gasteiger charge is 2.21. The summed E-state index contributed by atoms with van der Waals surface area (Å²) in [4.78, 5) is 9.37. The second-order valence-corrected chi connectivity index (χ2v) is 10.1. The Kier molecular flexibility index (Phi) is 5.45. The Morgan fingerprint density at radius 1 is 0.919 bits per heavy atom. The van der Waals surface area contributed by atoms with Crippen LogP contribution in [0.2, 0.25) is 0 Å². The van der Waals surface area contributed by atoms with Crippen molar-refractivity contribution in [3.63, 3.8) is 0 Å². The van der Waals surface area contributed by atoms with Crippen LogP contribution in [0, 0.1) is 11.3 Å². The molecule has 7 heteroatoms. The summed E-state index contributed by atoms with van der Waals surface area (Å²) in [6, 6.07) is 24.4. The Hall–Kier alpha value is -4.57. The summed E-state index contributed by atoms with van der Waals surface area (Å²) >= 11 is 0. The van der Waals surface area contributed by atoms with Crippen molar-refractivity contribution in [1.29, 1.82) is 5.26 Å². The van der Waals surface area contributed by atoms with E-state index in [1.807, 2.05) is 62.5 Å². The van der Waals surface area contributed by atoms with Crippen molar-refractivity contribution < 1.29 is 5.11 Å². The first kappa shape index (κ1) is 22.9. The molecule has 2 N–H and O–H groups in total. The number of nitriles is 1. The average Bonchev–Trinajstić information content (AvgIpc) is 3.38. The third kappa shape index (κ3) is 4.11. The number of pyridine rings is 1. The van der Waals surface area contributed by atoms with Crippen molar-refractivity contribution in [2.45, 2.75) is 19.3 Å². The molecule has 5 aromatic rings. The number of aromatic amines is 1. The van der Waals surface area contributed by atoms with Gasteiger partial charge < -0.3 is 14.9 Å². The number of hydrogen-bond donors (Lipinski definition) is 2. The van der Waals surface area contributed by atoms with Gasteiger partial charge in [0.05, 0.1) is 28.7 Å². The van der Waals surface area contributed by atoms with E-state index in [4.69, 9.17) is 0 Å². The van der Waals surface area contributed by atoms with Crippen molar-refractivity contribution in [2.75, 3.05) is 36.0 Å². The van der Waals surface area contributed by atoms with Gasteiger partial charge in [0, 0.05) is 60.0 Å². The minimum absolute atomic E-state index is 0.297. The lowest BCUT2D eigenvalue weighted by Gasteiger charge is -2.37. The molecular weight excluding hydrogens is 460 g/mol. The summed E-state index contributed by atoms with van der Waals surface area (Å²) in [6.07, 6.45) is 1.84. The van der Waals surface area contributed by atoms with Crippen LogP contribution in [0.15, 0.2) is 72.9 Å². The van der Waals surface area contributed by atoms with Gasteiger partial charge in [-0.3, -0.25) is 10.1 Å². The molecule has 3 heterocycles. The number of aromatic nitrogens is 3. The molecule has 0 aliphatic carbocycles. The maximum absolute atomic E-state index is 9.84. The number of fused-ring (bicyclic) bond motifs is 3. The third-order valence-electron chi connectivity index (χ3n) is 7.38. The Labute approximate surface area is 215 Å². The number of phenolic OH excluding ortho intramolecular Hbond substituents is 1. The first-order chi connectivity index (χ1) is 17.9. The van der Waals surface area contributed by atoms with Crippen molar-refractivity contribution in [3.05, 3.63) is 78.5 Å². The van der Waals surface area contributed by atoms with Gasteiger partial charge in [-0.15, -0.1) is 0 Å². The molecule has 0 unspecified atom stereocenters. The van der Waals surface area contributed by atoms with E-state index in [9.17, 15) is 10.4 Å². The van der Waals surface area contributed by atoms with Gasteiger partial charge in [0.2, 0.25) is 0 Å². The lowest BCUT2D eigenvalue weighted by molar-refractivity contribution is 0.475. The van der Waals surface area contributed by atoms with Gasteiger partial charge in [0.25, 0.3) is 0 Å². The fraction of sp³-hybridized carbons (Fsp3) is 0.233. The highest BCUT2D eigenvalue weighted by molar-refractivity contribution is 6.11. The van der Waals surface area contributed by atoms with Crippen LogP contribution in [-0.4, -0.2) is 46.5 Å². The molecule has 1 fully saturated rings. The van der Waals surface area contributed by atoms with Crippen molar-refractivity contribution in [2.24, 2.45) is 0 Å². The van der Waals surface area contributed by atoms with Gasteiger partial charge in [-0.25, -0.2) is 0 Å². The highest BCUT2D eigenvalue weighted by Crippen LogP contribution is 2.35. The first-order valence-corrected chi connectivity index (χ1v) is 12.5. The highest BCUT2D eigenvalue weighted by atomic mass is 16.3. The predicted octanol–water partition coefficient (Wildman–Crippen LogP) is 5.61. The number of nitrogens with one attached hydrogen (secondary N) is 1. The molecular formula is C30H28N6O. The average molecular weight is 489 g/mol. The Balaban J connectivity index is 1.33. The van der Waals surface area contributed by atoms with E-state index in [1.54, 1.807) is 6.07 Å². The molecule has 1 saturated heterocycles. The third-order valence-corrected chi connectivity index (χ3v) is 7.38. The maximum Gasteiger partial charge on any atom is 0.117 e. The molecule has 0 amide bonds. The van der Waals surface area contributed by atoms with Gasteiger partial charge in [-0.2, -0.15) is 10.4 Å². The van der Waals surface area contributed by atoms with Gasteiger partial charge in [-0.05, 0) is 49.7 Å². The second-order valence-electron chi connectivity index (χ2n) is 10.1. The fourth-order valence-electron chi connectivity index (χ4n) is 5.12. The number of piperazine rings is 1. The summed E-state index contributed by atoms with van der Waals surface area (Å²) < 4.78 is 0. The smallest absolute Gasteiger partial charge is 0.117 e. The molecule has 6 rings (SSSR count). The van der Waals surface area contributed by atoms with Crippen LogP contribution in [0.4, 0.5) is 11.4 Å². The molecule has 0 radical (unpaired) electrons. The predicted molar refractivity (Wildman–Crippen MR) is 148 cm³/mol. The zero-order valence-electron chi connectivity index (χ0n) is 20.9. The largest absolute Gasteiger partial charge is 0.508 e. The number of rotatable bonds is 4. The van der Waals surface area contributed by atoms with Gasteiger partial charge in [-0.1, -0.05) is 30.3 Å². The van der Waals surface area contributed by atoms with Crippen LogP contribution in [0.5, 0.6) is 5.75 Å². The van der Waals surface area contributed by atoms with E-state index >= 15 is 0 Å². The summed E-state index contributed by atoms with van der Waals surface area (Å²) in [5, 5.41) is 29.3. The molecule has 0 atom stereocenters. The SMILES string of the molecule is CC(C)(C#N)c1ccc(-c2n[nH]c3cnc4ccc(N5CCN(c6cccc(O)c6)CC5)cc4c23)cc1. The molecule has 7 nitrogen and oxygen atoms in total. The quantitative estimate of drug-likeness (QED) is 0.342. The molecule has 2 aromatic heterocycles. The number of nitrogens with zero attached hydrogens (tertiary/aromatic N) is 5. The van der Waals surface area contributed by atoms with Crippen molar-refractivity contribution in [3.8, 4) is 23.1 Å². The molecule has 1 aliphatic heterocycles. The summed E-state index contributed by atoms with van der Waals surface area (Å²) in [7, 11) is 0. The zero-order valence-corrected chi connectivity index (χ0v) is 20.9. The molecule has 0 spiro atoms. The van der Waals surface area contributed by atoms with Gasteiger partial charge in [0.1, 0.15) is 11.4 Å². The molecule has 0 bridgehead atoms. The first-order valence-electron chi connectivity index (χ1n) is 12.5. The minimum Gasteiger partial charge on any atom is -0.508 e. The normalized spacial score (nSPS) is 14.3. The summed E-state index contributed by atoms with van der Waals surface area (Å²) in [5.41, 5.74) is 6.37. The van der Waals surface area contributed by atoms with E-state index < -0.39 is 5.41 Å². The van der Waals surface area contributed by atoms with Crippen LogP contribution in [0.1, 0.15) is 19.4 Å². The fourth-order valence-corrected chi connectivity index (χ4v) is 5.12. The summed E-state index contributed by atoms with van der Waals surface area (Å²) in [6.45, 7) is 7.39. The van der Waals surface area contributed by atoms with E-state index in [0.29, 0.717) is 5.75 Å². The Morgan fingerprint density at radius 2 is 1.62 bits per heavy atom. The van der Waals surface area contributed by atoms with E-state index in [1.165, 1.54) is 0 Å². The van der Waals surface area contributed by atoms with Gasteiger partial charge in [0.15, 0.2) is 0 Å². The van der Waals surface area contributed by atoms with Crippen LogP contribution in [0.3, 0.4) is 0 Å². The Morgan fingerprint density at radius 3 is 2.30 bits per heavy atom. The maximum atomic E-state index is 9.84. The number of anilines is 2. The molecule has 3 aromatic carbocycles. The standard InChI is InChI=1S/C30H28N6O/c1-30(2,19-31)21-8-6-20(7-9-21)29-28-25-17-23(10-11-26(25)32-18-27(28)33-34-29)36-14-12-35(13-15-36)22-4-3-5-24(37)16-22/h3-11,16-18,37H,12-15H2,1-2H3,(H,33,34). The minimum atomic E-state index is -0.539. The van der Waals surface area contributed by atoms with Crippen LogP contribution in [0.25, 0.3) is 33.1 Å². The number of benzene rings is 3. The van der Waals surface area contributed by atoms with Crippen LogP contribution in [-0.2, 0) is 5.41 Å². The molecule has 37 heavy (non-hydrogen) atoms. The number of aromatic hydroxyl groups is 1. The summed E-state index contributed by atoms with van der Waals surface area (Å²) in [5.74, 6) is 0.297. The Bertz CT molecular complexity index is 1640. The van der Waals surface area contributed by atoms with E-state index in [-0.39, 0.29) is 0 Å². The van der Waals surface area contributed by atoms with Gasteiger partial charge >= 0.3 is 0 Å². The topological polar surface area (TPSA) is 92.1 Å². The van der Waals surface area contributed by atoms with Crippen molar-refractivity contribution >= 4 is 33.2 Å². The second kappa shape index (κ2) is 8.82. The number of phenols is 1. The number of H-pyrrole nitrogens is 1. The lowest BCUT2D eigenvalue weighted by atomic mass is 9.86. The molecule has 0 saturated carbocycles. The van der Waals surface area contributed by atoms with E-state index in [2.05, 4.69) is 49.2 Å². The van der Waals surface area contributed by atoms with Crippen LogP contribution < -0.4 is 9.80 Å². The zero-order chi connectivity index (χ0) is 25.6. The molecule has 1 aliphatic rings. The van der Waals surface area contributed by atoms with Crippen LogP contribution >= 0.6 is 0 Å². The monoisotopic (exact) mass is 488 g/mol. The molecule has 184 valence electrons. The number of hydrogen-bond acceptors (Lipinski definition) is 6. The lowest BCUT2D eigenvalue weighted by Crippen LogP contribution is -2.46. The van der Waals surface area contributed by atoms with E-state index in [0.717, 1.165) is 76.2 Å². The van der Waals surface area contributed by atoms with Crippen molar-refractivity contribution in [1.82, 2.24) is 15.2 Å².